The Labute approximate surface area is 130 Å². The van der Waals surface area contributed by atoms with E-state index in [0.29, 0.717) is 5.82 Å². The van der Waals surface area contributed by atoms with E-state index >= 15 is 0 Å². The van der Waals surface area contributed by atoms with Gasteiger partial charge in [0.2, 0.25) is 5.91 Å². The standard InChI is InChI=1S/C15H20N4O.ClH/c1-10-6-4-5-7-13(10)19-14(8-9-17-19)18-15(20)11(2)12(3)16;/h4-9,11-12H,16H2,1-3H3,(H,18,20);1H. The molecule has 2 aromatic rings. The Balaban J connectivity index is 0.00000220. The third kappa shape index (κ3) is 3.83. The Bertz CT molecular complexity index is 609. The average Bonchev–Trinajstić information content (AvgIpc) is 2.86. The Hall–Kier alpha value is -1.85. The summed E-state index contributed by atoms with van der Waals surface area (Å²) in [5.74, 6) is 0.294. The summed E-state index contributed by atoms with van der Waals surface area (Å²) in [7, 11) is 0. The summed E-state index contributed by atoms with van der Waals surface area (Å²) in [5.41, 5.74) is 7.79. The molecular formula is C15H21ClN4O. The minimum absolute atomic E-state index is 0. The maximum atomic E-state index is 12.1. The molecule has 2 atom stereocenters. The van der Waals surface area contributed by atoms with Crippen LogP contribution in [0.15, 0.2) is 36.5 Å². The van der Waals surface area contributed by atoms with Crippen LogP contribution in [-0.2, 0) is 4.79 Å². The van der Waals surface area contributed by atoms with Crippen LogP contribution in [0.1, 0.15) is 19.4 Å². The number of carbonyl (C=O) groups excluding carboxylic acids is 1. The molecule has 0 saturated heterocycles. The Kier molecular flexibility index (Phi) is 5.93. The van der Waals surface area contributed by atoms with Gasteiger partial charge in [0.05, 0.1) is 17.8 Å². The lowest BCUT2D eigenvalue weighted by Gasteiger charge is -2.16. The van der Waals surface area contributed by atoms with Crippen molar-refractivity contribution in [3.63, 3.8) is 0 Å². The lowest BCUT2D eigenvalue weighted by Crippen LogP contribution is -2.34. The van der Waals surface area contributed by atoms with Gasteiger partial charge in [-0.3, -0.25) is 4.79 Å². The van der Waals surface area contributed by atoms with E-state index in [-0.39, 0.29) is 30.3 Å². The molecule has 0 saturated carbocycles. The van der Waals surface area contributed by atoms with E-state index in [1.165, 1.54) is 0 Å². The summed E-state index contributed by atoms with van der Waals surface area (Å²) in [5, 5.41) is 7.15. The fourth-order valence-corrected chi connectivity index (χ4v) is 1.87. The van der Waals surface area contributed by atoms with Crippen LogP contribution in [0.2, 0.25) is 0 Å². The predicted molar refractivity (Wildman–Crippen MR) is 87.0 cm³/mol. The van der Waals surface area contributed by atoms with Crippen molar-refractivity contribution < 1.29 is 4.79 Å². The van der Waals surface area contributed by atoms with Gasteiger partial charge in [0.15, 0.2) is 0 Å². The number of nitrogens with one attached hydrogen (secondary N) is 1. The van der Waals surface area contributed by atoms with Crippen LogP contribution >= 0.6 is 12.4 Å². The first-order valence-corrected chi connectivity index (χ1v) is 6.67. The first-order chi connectivity index (χ1) is 9.50. The molecule has 0 fully saturated rings. The van der Waals surface area contributed by atoms with Crippen LogP contribution in [0.4, 0.5) is 5.82 Å². The minimum atomic E-state index is -0.254. The lowest BCUT2D eigenvalue weighted by atomic mass is 10.0. The number of carbonyl (C=O) groups is 1. The summed E-state index contributed by atoms with van der Waals surface area (Å²) < 4.78 is 1.72. The van der Waals surface area contributed by atoms with Crippen molar-refractivity contribution in [2.45, 2.75) is 26.8 Å². The molecule has 3 N–H and O–H groups in total. The summed E-state index contributed by atoms with van der Waals surface area (Å²) in [6.07, 6.45) is 1.67. The molecule has 0 aliphatic rings. The van der Waals surface area contributed by atoms with Crippen molar-refractivity contribution in [3.05, 3.63) is 42.1 Å². The van der Waals surface area contributed by atoms with Crippen molar-refractivity contribution in [3.8, 4) is 5.69 Å². The lowest BCUT2D eigenvalue weighted by molar-refractivity contribution is -0.119. The number of rotatable bonds is 4. The summed E-state index contributed by atoms with van der Waals surface area (Å²) in [4.78, 5) is 12.1. The van der Waals surface area contributed by atoms with Gasteiger partial charge in [-0.1, -0.05) is 25.1 Å². The number of nitrogens with two attached hydrogens (primary N) is 1. The number of hydrogen-bond donors (Lipinski definition) is 2. The van der Waals surface area contributed by atoms with Gasteiger partial charge in [-0.2, -0.15) is 5.10 Å². The molecule has 1 aromatic heterocycles. The van der Waals surface area contributed by atoms with Crippen LogP contribution in [0.5, 0.6) is 0 Å². The van der Waals surface area contributed by atoms with Gasteiger partial charge in [0.1, 0.15) is 5.82 Å². The summed E-state index contributed by atoms with van der Waals surface area (Å²) in [6, 6.07) is 9.47. The zero-order valence-corrected chi connectivity index (χ0v) is 13.2. The predicted octanol–water partition coefficient (Wildman–Crippen LogP) is 2.52. The third-order valence-corrected chi connectivity index (χ3v) is 3.44. The molecule has 114 valence electrons. The topological polar surface area (TPSA) is 72.9 Å². The maximum Gasteiger partial charge on any atom is 0.229 e. The molecule has 2 rings (SSSR count). The number of aryl methyl sites for hydroxylation is 1. The van der Waals surface area contributed by atoms with Gasteiger partial charge < -0.3 is 11.1 Å². The molecule has 1 aromatic carbocycles. The van der Waals surface area contributed by atoms with Crippen molar-refractivity contribution >= 4 is 24.1 Å². The van der Waals surface area contributed by atoms with Crippen LogP contribution in [0, 0.1) is 12.8 Å². The Morgan fingerprint density at radius 3 is 2.57 bits per heavy atom. The number of hydrogen-bond acceptors (Lipinski definition) is 3. The second-order valence-electron chi connectivity index (χ2n) is 5.05. The van der Waals surface area contributed by atoms with Gasteiger partial charge in [0, 0.05) is 12.1 Å². The molecule has 2 unspecified atom stereocenters. The maximum absolute atomic E-state index is 12.1. The average molecular weight is 309 g/mol. The zero-order chi connectivity index (χ0) is 14.7. The van der Waals surface area contributed by atoms with Crippen LogP contribution in [0.25, 0.3) is 5.69 Å². The summed E-state index contributed by atoms with van der Waals surface area (Å²) in [6.45, 7) is 5.64. The highest BCUT2D eigenvalue weighted by atomic mass is 35.5. The highest BCUT2D eigenvalue weighted by Gasteiger charge is 2.18. The molecule has 0 aliphatic carbocycles. The van der Waals surface area contributed by atoms with Gasteiger partial charge in [0.25, 0.3) is 0 Å². The minimum Gasteiger partial charge on any atom is -0.327 e. The normalized spacial score (nSPS) is 13.1. The van der Waals surface area contributed by atoms with Gasteiger partial charge in [-0.05, 0) is 25.5 Å². The number of amides is 1. The van der Waals surface area contributed by atoms with Gasteiger partial charge in [-0.15, -0.1) is 12.4 Å². The third-order valence-electron chi connectivity index (χ3n) is 3.44. The molecule has 0 aliphatic heterocycles. The SMILES string of the molecule is Cc1ccccc1-n1nccc1NC(=O)C(C)C(C)N.Cl. The molecule has 0 spiro atoms. The number of aromatic nitrogens is 2. The molecule has 1 amide bonds. The fourth-order valence-electron chi connectivity index (χ4n) is 1.87. The number of para-hydroxylation sites is 1. The Morgan fingerprint density at radius 1 is 1.29 bits per heavy atom. The quantitative estimate of drug-likeness (QED) is 0.911. The Morgan fingerprint density at radius 2 is 1.95 bits per heavy atom. The summed E-state index contributed by atoms with van der Waals surface area (Å²) >= 11 is 0. The largest absolute Gasteiger partial charge is 0.327 e. The fraction of sp³-hybridized carbons (Fsp3) is 0.333. The van der Waals surface area contributed by atoms with Gasteiger partial charge >= 0.3 is 0 Å². The smallest absolute Gasteiger partial charge is 0.229 e. The molecule has 21 heavy (non-hydrogen) atoms. The second-order valence-corrected chi connectivity index (χ2v) is 5.05. The number of halogens is 1. The number of anilines is 1. The van der Waals surface area contributed by atoms with E-state index in [0.717, 1.165) is 11.3 Å². The van der Waals surface area contributed by atoms with E-state index in [2.05, 4.69) is 10.4 Å². The molecule has 5 nitrogen and oxygen atoms in total. The molecule has 0 bridgehead atoms. The molecule has 1 heterocycles. The number of benzene rings is 1. The van der Waals surface area contributed by atoms with Crippen LogP contribution in [-0.4, -0.2) is 21.7 Å². The molecule has 6 heteroatoms. The monoisotopic (exact) mass is 308 g/mol. The van der Waals surface area contributed by atoms with E-state index in [1.807, 2.05) is 45.0 Å². The van der Waals surface area contributed by atoms with E-state index in [4.69, 9.17) is 5.73 Å². The highest BCUT2D eigenvalue weighted by Crippen LogP contribution is 2.18. The van der Waals surface area contributed by atoms with Crippen molar-refractivity contribution in [2.24, 2.45) is 11.7 Å². The highest BCUT2D eigenvalue weighted by molar-refractivity contribution is 5.92. The van der Waals surface area contributed by atoms with E-state index in [1.54, 1.807) is 16.9 Å². The van der Waals surface area contributed by atoms with Crippen LogP contribution in [0.3, 0.4) is 0 Å². The first-order valence-electron chi connectivity index (χ1n) is 6.67. The van der Waals surface area contributed by atoms with Gasteiger partial charge in [-0.25, -0.2) is 4.68 Å². The van der Waals surface area contributed by atoms with Crippen molar-refractivity contribution in [1.29, 1.82) is 0 Å². The van der Waals surface area contributed by atoms with Crippen LogP contribution < -0.4 is 11.1 Å². The molecule has 0 radical (unpaired) electrons. The number of nitrogens with zero attached hydrogens (tertiary/aromatic N) is 2. The zero-order valence-electron chi connectivity index (χ0n) is 12.4. The first kappa shape index (κ1) is 17.2. The van der Waals surface area contributed by atoms with E-state index in [9.17, 15) is 4.79 Å². The molecular weight excluding hydrogens is 288 g/mol. The van der Waals surface area contributed by atoms with Crippen molar-refractivity contribution in [2.75, 3.05) is 5.32 Å². The van der Waals surface area contributed by atoms with Crippen molar-refractivity contribution in [1.82, 2.24) is 9.78 Å². The second kappa shape index (κ2) is 7.24. The van der Waals surface area contributed by atoms with E-state index < -0.39 is 0 Å².